The van der Waals surface area contributed by atoms with Crippen molar-refractivity contribution in [3.63, 3.8) is 0 Å². The summed E-state index contributed by atoms with van der Waals surface area (Å²) in [6.45, 7) is 8.83. The Kier molecular flexibility index (Phi) is 6.95. The number of fused-ring (bicyclic) bond motifs is 3. The number of amides is 1. The van der Waals surface area contributed by atoms with Crippen molar-refractivity contribution in [1.29, 1.82) is 0 Å². The maximum atomic E-state index is 12.8. The van der Waals surface area contributed by atoms with Crippen molar-refractivity contribution in [3.8, 4) is 11.5 Å². The number of alkyl carbamates (subject to hydrolysis) is 1. The first-order valence-electron chi connectivity index (χ1n) is 10.8. The average Bonchev–Trinajstić information content (AvgIpc) is 2.74. The SMILES string of the molecule is CCC[C@H](NC(=O)OC(C)(C)C)C(=O)Oc1ccc2c(oc(=O)c3cc(OC)ccc32)c1C. The van der Waals surface area contributed by atoms with Gasteiger partial charge in [0, 0.05) is 16.3 Å². The number of carbonyl (C=O) groups excluding carboxylic acids is 2. The molecule has 1 amide bonds. The van der Waals surface area contributed by atoms with E-state index in [0.29, 0.717) is 45.9 Å². The second-order valence-corrected chi connectivity index (χ2v) is 8.78. The fraction of sp³-hybridized carbons (Fsp3) is 0.400. The van der Waals surface area contributed by atoms with Crippen molar-refractivity contribution in [2.24, 2.45) is 0 Å². The lowest BCUT2D eigenvalue weighted by molar-refractivity contribution is -0.137. The van der Waals surface area contributed by atoms with E-state index in [4.69, 9.17) is 18.6 Å². The number of ether oxygens (including phenoxy) is 3. The zero-order valence-corrected chi connectivity index (χ0v) is 19.7. The lowest BCUT2D eigenvalue weighted by Gasteiger charge is -2.23. The third-order valence-corrected chi connectivity index (χ3v) is 5.05. The molecule has 1 N–H and O–H groups in total. The number of hydrogen-bond donors (Lipinski definition) is 1. The van der Waals surface area contributed by atoms with Crippen molar-refractivity contribution in [2.45, 2.75) is 59.1 Å². The summed E-state index contributed by atoms with van der Waals surface area (Å²) in [5.41, 5.74) is -0.374. The van der Waals surface area contributed by atoms with Crippen molar-refractivity contribution in [2.75, 3.05) is 7.11 Å². The summed E-state index contributed by atoms with van der Waals surface area (Å²) in [5, 5.41) is 4.39. The molecule has 1 aromatic heterocycles. The highest BCUT2D eigenvalue weighted by Gasteiger charge is 2.26. The standard InChI is InChI=1S/C25H29NO7/c1-7-8-19(26-24(29)33-25(3,4)5)23(28)31-20-12-11-17-16-10-9-15(30-6)13-18(16)22(27)32-21(17)14(20)2/h9-13,19H,7-8H2,1-6H3,(H,26,29)/t19-/m0/s1. The Morgan fingerprint density at radius 3 is 2.42 bits per heavy atom. The van der Waals surface area contributed by atoms with Crippen LogP contribution < -0.4 is 20.4 Å². The summed E-state index contributed by atoms with van der Waals surface area (Å²) in [6.07, 6.45) is 0.337. The zero-order valence-electron chi connectivity index (χ0n) is 19.7. The summed E-state index contributed by atoms with van der Waals surface area (Å²) >= 11 is 0. The molecule has 0 aliphatic heterocycles. The third-order valence-electron chi connectivity index (χ3n) is 5.05. The van der Waals surface area contributed by atoms with Crippen molar-refractivity contribution < 1.29 is 28.2 Å². The number of benzene rings is 2. The normalized spacial score (nSPS) is 12.4. The highest BCUT2D eigenvalue weighted by molar-refractivity contribution is 6.06. The molecule has 3 rings (SSSR count). The lowest BCUT2D eigenvalue weighted by Crippen LogP contribution is -2.45. The molecule has 8 nitrogen and oxygen atoms in total. The van der Waals surface area contributed by atoms with Gasteiger partial charge in [-0.3, -0.25) is 0 Å². The Morgan fingerprint density at radius 2 is 1.79 bits per heavy atom. The van der Waals surface area contributed by atoms with Gasteiger partial charge in [0.15, 0.2) is 0 Å². The molecule has 0 aliphatic rings. The van der Waals surface area contributed by atoms with Gasteiger partial charge in [-0.25, -0.2) is 14.4 Å². The van der Waals surface area contributed by atoms with E-state index in [0.717, 1.165) is 0 Å². The van der Waals surface area contributed by atoms with Crippen LogP contribution in [0.5, 0.6) is 11.5 Å². The zero-order chi connectivity index (χ0) is 24.3. The topological polar surface area (TPSA) is 104 Å². The highest BCUT2D eigenvalue weighted by Crippen LogP contribution is 2.32. The maximum absolute atomic E-state index is 12.8. The van der Waals surface area contributed by atoms with Crippen molar-refractivity contribution in [3.05, 3.63) is 46.3 Å². The van der Waals surface area contributed by atoms with Crippen LogP contribution in [0.1, 0.15) is 46.1 Å². The molecule has 3 aromatic rings. The first-order valence-corrected chi connectivity index (χ1v) is 10.8. The molecule has 0 spiro atoms. The van der Waals surface area contributed by atoms with Gasteiger partial charge in [-0.2, -0.15) is 0 Å². The van der Waals surface area contributed by atoms with E-state index >= 15 is 0 Å². The third kappa shape index (κ3) is 5.45. The molecule has 0 unspecified atom stereocenters. The van der Waals surface area contributed by atoms with Gasteiger partial charge in [0.2, 0.25) is 0 Å². The first kappa shape index (κ1) is 24.1. The van der Waals surface area contributed by atoms with Gasteiger partial charge in [-0.05, 0) is 64.4 Å². The van der Waals surface area contributed by atoms with Crippen LogP contribution in [0.4, 0.5) is 4.79 Å². The number of nitrogens with one attached hydrogen (secondary N) is 1. The minimum absolute atomic E-state index is 0.246. The van der Waals surface area contributed by atoms with Crippen LogP contribution in [-0.2, 0) is 9.53 Å². The monoisotopic (exact) mass is 455 g/mol. The van der Waals surface area contributed by atoms with E-state index in [1.807, 2.05) is 6.92 Å². The molecule has 1 atom stereocenters. The van der Waals surface area contributed by atoms with Gasteiger partial charge in [0.1, 0.15) is 28.7 Å². The molecule has 0 bridgehead atoms. The number of hydrogen-bond acceptors (Lipinski definition) is 7. The number of esters is 1. The number of aryl methyl sites for hydroxylation is 1. The number of methoxy groups -OCH3 is 1. The Hall–Kier alpha value is -3.55. The first-order chi connectivity index (χ1) is 15.5. The van der Waals surface area contributed by atoms with Crippen molar-refractivity contribution in [1.82, 2.24) is 5.32 Å². The van der Waals surface area contributed by atoms with E-state index in [1.165, 1.54) is 7.11 Å². The Morgan fingerprint density at radius 1 is 1.09 bits per heavy atom. The molecule has 0 aliphatic carbocycles. The van der Waals surface area contributed by atoms with Gasteiger partial charge >= 0.3 is 17.7 Å². The predicted molar refractivity (Wildman–Crippen MR) is 125 cm³/mol. The lowest BCUT2D eigenvalue weighted by atomic mass is 10.0. The molecule has 0 radical (unpaired) electrons. The van der Waals surface area contributed by atoms with E-state index < -0.39 is 29.3 Å². The van der Waals surface area contributed by atoms with Crippen molar-refractivity contribution >= 4 is 33.8 Å². The van der Waals surface area contributed by atoms with E-state index in [-0.39, 0.29) is 5.75 Å². The minimum Gasteiger partial charge on any atom is -0.497 e. The van der Waals surface area contributed by atoms with Gasteiger partial charge in [-0.1, -0.05) is 13.3 Å². The molecule has 2 aromatic carbocycles. The van der Waals surface area contributed by atoms with Crippen LogP contribution >= 0.6 is 0 Å². The van der Waals surface area contributed by atoms with E-state index in [2.05, 4.69) is 5.32 Å². The maximum Gasteiger partial charge on any atom is 0.408 e. The quantitative estimate of drug-likeness (QED) is 0.245. The predicted octanol–water partition coefficient (Wildman–Crippen LogP) is 4.86. The fourth-order valence-electron chi connectivity index (χ4n) is 3.50. The van der Waals surface area contributed by atoms with Crippen LogP contribution in [-0.4, -0.2) is 30.8 Å². The Bertz CT molecular complexity index is 1250. The van der Waals surface area contributed by atoms with Gasteiger partial charge in [0.05, 0.1) is 12.5 Å². The van der Waals surface area contributed by atoms with Crippen LogP contribution in [0.15, 0.2) is 39.5 Å². The van der Waals surface area contributed by atoms with E-state index in [9.17, 15) is 14.4 Å². The van der Waals surface area contributed by atoms with Gasteiger partial charge < -0.3 is 23.9 Å². The highest BCUT2D eigenvalue weighted by atomic mass is 16.6. The minimum atomic E-state index is -0.879. The molecular weight excluding hydrogens is 426 g/mol. The summed E-state index contributed by atoms with van der Waals surface area (Å²) in [7, 11) is 1.53. The summed E-state index contributed by atoms with van der Waals surface area (Å²) in [4.78, 5) is 37.6. The second-order valence-electron chi connectivity index (χ2n) is 8.78. The molecular formula is C25H29NO7. The molecule has 1 heterocycles. The average molecular weight is 456 g/mol. The molecule has 8 heteroatoms. The van der Waals surface area contributed by atoms with Gasteiger partial charge in [-0.15, -0.1) is 0 Å². The molecule has 0 saturated heterocycles. The Labute approximate surface area is 191 Å². The molecule has 176 valence electrons. The van der Waals surface area contributed by atoms with Crippen LogP contribution in [0.2, 0.25) is 0 Å². The summed E-state index contributed by atoms with van der Waals surface area (Å²) < 4.78 is 21.6. The van der Waals surface area contributed by atoms with Crippen LogP contribution in [0.3, 0.4) is 0 Å². The number of rotatable bonds is 6. The smallest absolute Gasteiger partial charge is 0.408 e. The molecule has 0 fully saturated rings. The fourth-order valence-corrected chi connectivity index (χ4v) is 3.50. The summed E-state index contributed by atoms with van der Waals surface area (Å²) in [6, 6.07) is 7.69. The second kappa shape index (κ2) is 9.52. The molecule has 0 saturated carbocycles. The molecule has 33 heavy (non-hydrogen) atoms. The van der Waals surface area contributed by atoms with E-state index in [1.54, 1.807) is 58.0 Å². The van der Waals surface area contributed by atoms with Gasteiger partial charge in [0.25, 0.3) is 0 Å². The largest absolute Gasteiger partial charge is 0.497 e. The number of carbonyl (C=O) groups is 2. The Balaban J connectivity index is 1.92. The summed E-state index contributed by atoms with van der Waals surface area (Å²) in [5.74, 6) is 0.171. The van der Waals surface area contributed by atoms with Crippen LogP contribution in [0, 0.1) is 6.92 Å². The van der Waals surface area contributed by atoms with Crippen LogP contribution in [0.25, 0.3) is 21.7 Å².